The summed E-state index contributed by atoms with van der Waals surface area (Å²) in [4.78, 5) is 2.52. The minimum atomic E-state index is 0.677. The van der Waals surface area contributed by atoms with Crippen LogP contribution in [-0.4, -0.2) is 36.6 Å². The Morgan fingerprint density at radius 3 is 2.40 bits per heavy atom. The zero-order valence-corrected chi connectivity index (χ0v) is 10.9. The van der Waals surface area contributed by atoms with Gasteiger partial charge in [0, 0.05) is 18.6 Å². The lowest BCUT2D eigenvalue weighted by Crippen LogP contribution is -2.42. The first kappa shape index (κ1) is 13.0. The lowest BCUT2D eigenvalue weighted by molar-refractivity contribution is 0.220. The monoisotopic (exact) mass is 212 g/mol. The summed E-state index contributed by atoms with van der Waals surface area (Å²) in [5.41, 5.74) is 0. The summed E-state index contributed by atoms with van der Waals surface area (Å²) in [6.45, 7) is 12.7. The predicted molar refractivity (Wildman–Crippen MR) is 67.2 cm³/mol. The van der Waals surface area contributed by atoms with Gasteiger partial charge in [0.05, 0.1) is 0 Å². The van der Waals surface area contributed by atoms with Crippen molar-refractivity contribution in [3.8, 4) is 0 Å². The van der Waals surface area contributed by atoms with Gasteiger partial charge in [-0.1, -0.05) is 20.8 Å². The van der Waals surface area contributed by atoms with Crippen molar-refractivity contribution in [1.29, 1.82) is 0 Å². The highest BCUT2D eigenvalue weighted by atomic mass is 15.2. The van der Waals surface area contributed by atoms with E-state index in [0.717, 1.165) is 18.5 Å². The quantitative estimate of drug-likeness (QED) is 0.728. The molecule has 0 heterocycles. The Labute approximate surface area is 95.4 Å². The van der Waals surface area contributed by atoms with Crippen LogP contribution < -0.4 is 5.32 Å². The molecule has 1 aliphatic carbocycles. The third-order valence-corrected chi connectivity index (χ3v) is 3.83. The van der Waals surface area contributed by atoms with E-state index in [1.165, 1.54) is 32.4 Å². The van der Waals surface area contributed by atoms with Crippen LogP contribution in [-0.2, 0) is 0 Å². The van der Waals surface area contributed by atoms with Gasteiger partial charge >= 0.3 is 0 Å². The molecule has 0 aliphatic heterocycles. The Balaban J connectivity index is 2.18. The highest BCUT2D eigenvalue weighted by Crippen LogP contribution is 2.24. The number of hydrogen-bond acceptors (Lipinski definition) is 2. The summed E-state index contributed by atoms with van der Waals surface area (Å²) in [6, 6.07) is 1.47. The molecule has 1 aliphatic rings. The molecule has 0 amide bonds. The largest absolute Gasteiger partial charge is 0.312 e. The Morgan fingerprint density at radius 2 is 1.93 bits per heavy atom. The zero-order chi connectivity index (χ0) is 11.3. The van der Waals surface area contributed by atoms with Crippen molar-refractivity contribution in [3.63, 3.8) is 0 Å². The van der Waals surface area contributed by atoms with Gasteiger partial charge in [-0.05, 0) is 45.2 Å². The molecule has 1 saturated carbocycles. The van der Waals surface area contributed by atoms with Crippen molar-refractivity contribution in [2.45, 2.75) is 59.0 Å². The van der Waals surface area contributed by atoms with Gasteiger partial charge in [-0.3, -0.25) is 4.90 Å². The second-order valence-electron chi connectivity index (χ2n) is 5.09. The lowest BCUT2D eigenvalue weighted by Gasteiger charge is -2.27. The molecule has 0 aromatic carbocycles. The van der Waals surface area contributed by atoms with Crippen molar-refractivity contribution >= 4 is 0 Å². The van der Waals surface area contributed by atoms with E-state index in [2.05, 4.69) is 37.9 Å². The van der Waals surface area contributed by atoms with Gasteiger partial charge in [0.2, 0.25) is 0 Å². The Bertz CT molecular complexity index is 166. The van der Waals surface area contributed by atoms with E-state index < -0.39 is 0 Å². The van der Waals surface area contributed by atoms with Gasteiger partial charge in [-0.2, -0.15) is 0 Å². The molecule has 2 nitrogen and oxygen atoms in total. The van der Waals surface area contributed by atoms with Crippen molar-refractivity contribution in [2.24, 2.45) is 5.92 Å². The number of likely N-dealkylation sites (N-methyl/N-ethyl adjacent to an activating group) is 1. The molecule has 90 valence electrons. The summed E-state index contributed by atoms with van der Waals surface area (Å²) >= 11 is 0. The van der Waals surface area contributed by atoms with Crippen molar-refractivity contribution in [1.82, 2.24) is 10.2 Å². The molecule has 0 aromatic rings. The van der Waals surface area contributed by atoms with Crippen LogP contribution in [0.25, 0.3) is 0 Å². The Hall–Kier alpha value is -0.0800. The minimum Gasteiger partial charge on any atom is -0.312 e. The van der Waals surface area contributed by atoms with Gasteiger partial charge in [-0.25, -0.2) is 0 Å². The second-order valence-corrected chi connectivity index (χ2v) is 5.09. The fourth-order valence-electron chi connectivity index (χ4n) is 2.71. The van der Waals surface area contributed by atoms with E-state index in [4.69, 9.17) is 0 Å². The number of nitrogens with zero attached hydrogens (tertiary/aromatic N) is 1. The molecule has 0 bridgehead atoms. The zero-order valence-electron chi connectivity index (χ0n) is 10.9. The fraction of sp³-hybridized carbons (Fsp3) is 1.00. The average Bonchev–Trinajstić information content (AvgIpc) is 2.63. The Morgan fingerprint density at radius 1 is 1.27 bits per heavy atom. The second kappa shape index (κ2) is 6.49. The van der Waals surface area contributed by atoms with Crippen LogP contribution in [0.4, 0.5) is 0 Å². The standard InChI is InChI=1S/C13H28N2/c1-5-15(6-2)12(4)10-14-13-8-7-11(3)9-13/h11-14H,5-10H2,1-4H3. The molecule has 1 fully saturated rings. The summed E-state index contributed by atoms with van der Waals surface area (Å²) in [5.74, 6) is 0.936. The van der Waals surface area contributed by atoms with Crippen molar-refractivity contribution in [2.75, 3.05) is 19.6 Å². The van der Waals surface area contributed by atoms with Crippen molar-refractivity contribution in [3.05, 3.63) is 0 Å². The highest BCUT2D eigenvalue weighted by Gasteiger charge is 2.21. The number of hydrogen-bond donors (Lipinski definition) is 1. The van der Waals surface area contributed by atoms with Crippen LogP contribution in [0.2, 0.25) is 0 Å². The summed E-state index contributed by atoms with van der Waals surface area (Å²) < 4.78 is 0. The summed E-state index contributed by atoms with van der Waals surface area (Å²) in [5, 5.41) is 3.72. The predicted octanol–water partition coefficient (Wildman–Crippen LogP) is 2.49. The van der Waals surface area contributed by atoms with Gasteiger partial charge in [0.1, 0.15) is 0 Å². The van der Waals surface area contributed by atoms with Gasteiger partial charge in [-0.15, -0.1) is 0 Å². The van der Waals surface area contributed by atoms with Crippen LogP contribution in [0, 0.1) is 5.92 Å². The van der Waals surface area contributed by atoms with Crippen LogP contribution in [0.1, 0.15) is 47.0 Å². The van der Waals surface area contributed by atoms with Crippen LogP contribution in [0.3, 0.4) is 0 Å². The van der Waals surface area contributed by atoms with Gasteiger partial charge in [0.15, 0.2) is 0 Å². The SMILES string of the molecule is CCN(CC)C(C)CNC1CCC(C)C1. The molecule has 3 atom stereocenters. The first-order valence-electron chi connectivity index (χ1n) is 6.64. The van der Waals surface area contributed by atoms with Gasteiger partial charge < -0.3 is 5.32 Å². The van der Waals surface area contributed by atoms with Gasteiger partial charge in [0.25, 0.3) is 0 Å². The molecule has 0 saturated heterocycles. The highest BCUT2D eigenvalue weighted by molar-refractivity contribution is 4.80. The maximum Gasteiger partial charge on any atom is 0.0192 e. The summed E-state index contributed by atoms with van der Waals surface area (Å²) in [7, 11) is 0. The topological polar surface area (TPSA) is 15.3 Å². The summed E-state index contributed by atoms with van der Waals surface area (Å²) in [6.07, 6.45) is 4.18. The third kappa shape index (κ3) is 4.12. The number of nitrogens with one attached hydrogen (secondary N) is 1. The van der Waals surface area contributed by atoms with E-state index in [1.54, 1.807) is 0 Å². The molecule has 2 heteroatoms. The minimum absolute atomic E-state index is 0.677. The molecule has 1 N–H and O–H groups in total. The smallest absolute Gasteiger partial charge is 0.0192 e. The van der Waals surface area contributed by atoms with E-state index in [-0.39, 0.29) is 0 Å². The Kier molecular flexibility index (Phi) is 5.62. The fourth-order valence-corrected chi connectivity index (χ4v) is 2.71. The normalized spacial score (nSPS) is 28.6. The molecule has 3 unspecified atom stereocenters. The molecule has 15 heavy (non-hydrogen) atoms. The molecule has 0 aromatic heterocycles. The lowest BCUT2D eigenvalue weighted by atomic mass is 10.1. The van der Waals surface area contributed by atoms with E-state index in [0.29, 0.717) is 6.04 Å². The maximum absolute atomic E-state index is 3.72. The molecule has 0 radical (unpaired) electrons. The molecule has 0 spiro atoms. The van der Waals surface area contributed by atoms with Crippen LogP contribution in [0.5, 0.6) is 0 Å². The van der Waals surface area contributed by atoms with Crippen molar-refractivity contribution < 1.29 is 0 Å². The van der Waals surface area contributed by atoms with Crippen LogP contribution in [0.15, 0.2) is 0 Å². The molecular formula is C13H28N2. The number of rotatable bonds is 6. The van der Waals surface area contributed by atoms with E-state index in [1.807, 2.05) is 0 Å². The first-order chi connectivity index (χ1) is 7.17. The van der Waals surface area contributed by atoms with Crippen LogP contribution >= 0.6 is 0 Å². The molecular weight excluding hydrogens is 184 g/mol. The molecule has 1 rings (SSSR count). The average molecular weight is 212 g/mol. The van der Waals surface area contributed by atoms with E-state index >= 15 is 0 Å². The third-order valence-electron chi connectivity index (χ3n) is 3.83. The first-order valence-corrected chi connectivity index (χ1v) is 6.64. The van der Waals surface area contributed by atoms with E-state index in [9.17, 15) is 0 Å². The maximum atomic E-state index is 3.72.